The maximum absolute atomic E-state index is 13.0. The number of thiophene rings is 1. The van der Waals surface area contributed by atoms with Crippen LogP contribution in [-0.4, -0.2) is 34.2 Å². The van der Waals surface area contributed by atoms with Gasteiger partial charge in [0.15, 0.2) is 0 Å². The molecule has 0 saturated carbocycles. The molecule has 0 saturated heterocycles. The minimum atomic E-state index is -0.308. The SMILES string of the molecule is CCCCOC(=O)N(C)Cc1ccc(CCn2cnc3cc(-c4ccc(Cl)cc4)sc3c2=O)cc1. The standard InChI is InChI=1S/C27H28ClN3O3S/c1-3-4-15-34-27(33)30(2)17-20-7-5-19(6-8-20)13-14-31-18-29-23-16-24(35-25(23)26(31)32)21-9-11-22(28)12-10-21/h5-12,16,18H,3-4,13-15,17H2,1-2H3. The van der Waals surface area contributed by atoms with Crippen LogP contribution in [0.25, 0.3) is 20.7 Å². The van der Waals surface area contributed by atoms with Crippen molar-refractivity contribution < 1.29 is 9.53 Å². The summed E-state index contributed by atoms with van der Waals surface area (Å²) in [6.45, 7) is 3.54. The highest BCUT2D eigenvalue weighted by molar-refractivity contribution is 7.22. The van der Waals surface area contributed by atoms with Crippen LogP contribution in [0.15, 0.2) is 65.7 Å². The van der Waals surface area contributed by atoms with E-state index in [2.05, 4.69) is 11.9 Å². The van der Waals surface area contributed by atoms with Gasteiger partial charge in [-0.25, -0.2) is 9.78 Å². The number of rotatable bonds is 9. The molecule has 0 spiro atoms. The molecule has 6 nitrogen and oxygen atoms in total. The van der Waals surface area contributed by atoms with E-state index in [0.29, 0.717) is 41.4 Å². The summed E-state index contributed by atoms with van der Waals surface area (Å²) in [5, 5.41) is 0.681. The van der Waals surface area contributed by atoms with Gasteiger partial charge in [-0.15, -0.1) is 11.3 Å². The lowest BCUT2D eigenvalue weighted by molar-refractivity contribution is 0.107. The Bertz CT molecular complexity index is 1350. The number of carbonyl (C=O) groups excluding carboxylic acids is 1. The largest absolute Gasteiger partial charge is 0.449 e. The second-order valence-electron chi connectivity index (χ2n) is 8.47. The number of benzene rings is 2. The zero-order valence-corrected chi connectivity index (χ0v) is 21.4. The third kappa shape index (κ3) is 6.29. The van der Waals surface area contributed by atoms with Gasteiger partial charge in [0.1, 0.15) is 4.70 Å². The van der Waals surface area contributed by atoms with E-state index in [9.17, 15) is 9.59 Å². The quantitative estimate of drug-likeness (QED) is 0.245. The van der Waals surface area contributed by atoms with Crippen molar-refractivity contribution in [3.63, 3.8) is 0 Å². The van der Waals surface area contributed by atoms with Crippen molar-refractivity contribution in [2.45, 2.75) is 39.3 Å². The predicted octanol–water partition coefficient (Wildman–Crippen LogP) is 6.39. The highest BCUT2D eigenvalue weighted by Gasteiger charge is 2.12. The molecule has 4 aromatic rings. The van der Waals surface area contributed by atoms with Crippen molar-refractivity contribution in [1.29, 1.82) is 0 Å². The minimum absolute atomic E-state index is 0.0277. The first-order valence-electron chi connectivity index (χ1n) is 11.6. The number of aryl methyl sites for hydroxylation is 2. The molecular weight excluding hydrogens is 482 g/mol. The summed E-state index contributed by atoms with van der Waals surface area (Å²) in [5.41, 5.74) is 3.84. The summed E-state index contributed by atoms with van der Waals surface area (Å²) in [5.74, 6) is 0. The van der Waals surface area contributed by atoms with Crippen molar-refractivity contribution in [3.05, 3.63) is 87.4 Å². The molecule has 0 unspecified atom stereocenters. The Labute approximate surface area is 213 Å². The van der Waals surface area contributed by atoms with Crippen LogP contribution in [0.2, 0.25) is 5.02 Å². The van der Waals surface area contributed by atoms with E-state index >= 15 is 0 Å². The number of carbonyl (C=O) groups is 1. The number of fused-ring (bicyclic) bond motifs is 1. The van der Waals surface area contributed by atoms with E-state index < -0.39 is 0 Å². The molecule has 4 rings (SSSR count). The van der Waals surface area contributed by atoms with Crippen molar-refractivity contribution in [3.8, 4) is 10.4 Å². The van der Waals surface area contributed by atoms with E-state index in [1.807, 2.05) is 54.6 Å². The highest BCUT2D eigenvalue weighted by atomic mass is 35.5. The lowest BCUT2D eigenvalue weighted by Crippen LogP contribution is -2.27. The highest BCUT2D eigenvalue weighted by Crippen LogP contribution is 2.31. The summed E-state index contributed by atoms with van der Waals surface area (Å²) in [6, 6.07) is 17.6. The fraction of sp³-hybridized carbons (Fsp3) is 0.296. The molecule has 2 heterocycles. The average Bonchev–Trinajstić information content (AvgIpc) is 3.30. The van der Waals surface area contributed by atoms with E-state index in [1.165, 1.54) is 11.3 Å². The first-order valence-corrected chi connectivity index (χ1v) is 12.8. The summed E-state index contributed by atoms with van der Waals surface area (Å²) in [7, 11) is 1.74. The lowest BCUT2D eigenvalue weighted by atomic mass is 10.1. The van der Waals surface area contributed by atoms with Crippen LogP contribution in [-0.2, 0) is 24.2 Å². The molecule has 0 bridgehead atoms. The number of hydrogen-bond acceptors (Lipinski definition) is 5. The van der Waals surface area contributed by atoms with Crippen LogP contribution in [0.1, 0.15) is 30.9 Å². The molecule has 1 amide bonds. The molecule has 0 fully saturated rings. The second-order valence-corrected chi connectivity index (χ2v) is 9.95. The Morgan fingerprint density at radius 1 is 1.11 bits per heavy atom. The number of unbranched alkanes of at least 4 members (excludes halogenated alkanes) is 1. The Balaban J connectivity index is 1.38. The third-order valence-corrected chi connectivity index (χ3v) is 7.17. The van der Waals surface area contributed by atoms with Gasteiger partial charge in [0.05, 0.1) is 18.5 Å². The van der Waals surface area contributed by atoms with Gasteiger partial charge in [-0.05, 0) is 47.7 Å². The maximum Gasteiger partial charge on any atom is 0.409 e. The Kier molecular flexibility index (Phi) is 8.21. The summed E-state index contributed by atoms with van der Waals surface area (Å²) in [4.78, 5) is 32.1. The first kappa shape index (κ1) is 24.9. The molecular formula is C27H28ClN3O3S. The smallest absolute Gasteiger partial charge is 0.409 e. The zero-order chi connectivity index (χ0) is 24.8. The molecule has 0 aliphatic heterocycles. The fourth-order valence-electron chi connectivity index (χ4n) is 3.67. The van der Waals surface area contributed by atoms with Gasteiger partial charge in [0, 0.05) is 30.0 Å². The molecule has 0 atom stereocenters. The molecule has 0 aliphatic rings. The van der Waals surface area contributed by atoms with Crippen LogP contribution < -0.4 is 5.56 Å². The van der Waals surface area contributed by atoms with Crippen LogP contribution in [0.5, 0.6) is 0 Å². The molecule has 8 heteroatoms. The monoisotopic (exact) mass is 509 g/mol. The van der Waals surface area contributed by atoms with Gasteiger partial charge < -0.3 is 9.64 Å². The van der Waals surface area contributed by atoms with Gasteiger partial charge in [0.25, 0.3) is 5.56 Å². The molecule has 0 N–H and O–H groups in total. The van der Waals surface area contributed by atoms with Crippen molar-refractivity contribution in [2.75, 3.05) is 13.7 Å². The van der Waals surface area contributed by atoms with Crippen LogP contribution >= 0.6 is 22.9 Å². The molecule has 35 heavy (non-hydrogen) atoms. The maximum atomic E-state index is 13.0. The molecule has 0 aliphatic carbocycles. The van der Waals surface area contributed by atoms with Gasteiger partial charge in [0.2, 0.25) is 0 Å². The van der Waals surface area contributed by atoms with E-state index in [1.54, 1.807) is 22.8 Å². The number of nitrogens with zero attached hydrogens (tertiary/aromatic N) is 3. The lowest BCUT2D eigenvalue weighted by Gasteiger charge is -2.17. The Hall–Kier alpha value is -3.16. The summed E-state index contributed by atoms with van der Waals surface area (Å²) >= 11 is 7.44. The zero-order valence-electron chi connectivity index (χ0n) is 19.9. The van der Waals surface area contributed by atoms with Gasteiger partial charge >= 0.3 is 6.09 Å². The predicted molar refractivity (Wildman–Crippen MR) is 142 cm³/mol. The summed E-state index contributed by atoms with van der Waals surface area (Å²) in [6.07, 6.45) is 3.88. The molecule has 0 radical (unpaired) electrons. The molecule has 2 aromatic heterocycles. The third-order valence-electron chi connectivity index (χ3n) is 5.75. The van der Waals surface area contributed by atoms with Gasteiger partial charge in [-0.2, -0.15) is 0 Å². The van der Waals surface area contributed by atoms with E-state index in [-0.39, 0.29) is 11.7 Å². The Morgan fingerprint density at radius 2 is 1.83 bits per heavy atom. The topological polar surface area (TPSA) is 64.4 Å². The molecule has 182 valence electrons. The van der Waals surface area contributed by atoms with Crippen LogP contribution in [0.3, 0.4) is 0 Å². The summed E-state index contributed by atoms with van der Waals surface area (Å²) < 4.78 is 7.56. The number of hydrogen-bond donors (Lipinski definition) is 0. The van der Waals surface area contributed by atoms with E-state index in [0.717, 1.165) is 34.4 Å². The number of ether oxygens (including phenoxy) is 1. The van der Waals surface area contributed by atoms with Crippen LogP contribution in [0, 0.1) is 0 Å². The van der Waals surface area contributed by atoms with Crippen molar-refractivity contribution >= 4 is 39.2 Å². The van der Waals surface area contributed by atoms with E-state index in [4.69, 9.17) is 16.3 Å². The molecule has 2 aromatic carbocycles. The van der Waals surface area contributed by atoms with Crippen molar-refractivity contribution in [1.82, 2.24) is 14.5 Å². The number of halogens is 1. The van der Waals surface area contributed by atoms with Crippen molar-refractivity contribution in [2.24, 2.45) is 0 Å². The number of aromatic nitrogens is 2. The Morgan fingerprint density at radius 3 is 2.54 bits per heavy atom. The fourth-order valence-corrected chi connectivity index (χ4v) is 4.87. The average molecular weight is 510 g/mol. The minimum Gasteiger partial charge on any atom is -0.449 e. The van der Waals surface area contributed by atoms with Crippen LogP contribution in [0.4, 0.5) is 4.79 Å². The first-order chi connectivity index (χ1) is 16.9. The second kappa shape index (κ2) is 11.5. The normalized spacial score (nSPS) is 11.1. The van der Waals surface area contributed by atoms with Gasteiger partial charge in [-0.3, -0.25) is 9.36 Å². The van der Waals surface area contributed by atoms with Gasteiger partial charge in [-0.1, -0.05) is 61.3 Å². The number of amides is 1.